The highest BCUT2D eigenvalue weighted by atomic mass is 19.2. The predicted molar refractivity (Wildman–Crippen MR) is 136 cm³/mol. The van der Waals surface area contributed by atoms with E-state index in [4.69, 9.17) is 4.74 Å². The van der Waals surface area contributed by atoms with Crippen molar-refractivity contribution in [1.29, 1.82) is 0 Å². The number of allylic oxidation sites excluding steroid dienone is 2. The van der Waals surface area contributed by atoms with Gasteiger partial charge in [-0.1, -0.05) is 74.6 Å². The molecule has 1 nitrogen and oxygen atoms in total. The highest BCUT2D eigenvalue weighted by Crippen LogP contribution is 2.41. The molecule has 1 fully saturated rings. The highest BCUT2D eigenvalue weighted by molar-refractivity contribution is 5.74. The van der Waals surface area contributed by atoms with E-state index in [2.05, 4.69) is 6.08 Å². The summed E-state index contributed by atoms with van der Waals surface area (Å²) in [7, 11) is 1.27. The molecule has 3 aromatic rings. The van der Waals surface area contributed by atoms with Gasteiger partial charge < -0.3 is 4.74 Å². The summed E-state index contributed by atoms with van der Waals surface area (Å²) in [6.45, 7) is 0. The van der Waals surface area contributed by atoms with Gasteiger partial charge in [-0.25, -0.2) is 13.2 Å². The number of ether oxygens (including phenoxy) is 1. The second-order valence-corrected chi connectivity index (χ2v) is 9.97. The monoisotopic (exact) mass is 494 g/mol. The molecule has 1 saturated carbocycles. The van der Waals surface area contributed by atoms with Gasteiger partial charge >= 0.3 is 0 Å². The maximum Gasteiger partial charge on any atom is 0.201 e. The summed E-state index contributed by atoms with van der Waals surface area (Å²) in [6.07, 6.45) is 11.4. The standard InChI is InChI=1S/C31H30F4O/c1-36-27-18-17-26(30(34)31(27)35)23-13-11-22(12-14-23)25-16-15-24(28(32)29(25)33)21-9-7-20(8-10-21)19-5-3-2-4-6-19/h9,11-20H,2-8,10H2,1H3. The maximum absolute atomic E-state index is 15.2. The average Bonchev–Trinajstić information content (AvgIpc) is 2.92. The fraction of sp³-hybridized carbons (Fsp3) is 0.355. The molecule has 1 atom stereocenters. The first-order valence-corrected chi connectivity index (χ1v) is 12.8. The topological polar surface area (TPSA) is 9.23 Å². The van der Waals surface area contributed by atoms with Crippen LogP contribution in [0, 0.1) is 35.1 Å². The van der Waals surface area contributed by atoms with Crippen molar-refractivity contribution in [2.45, 2.75) is 51.4 Å². The van der Waals surface area contributed by atoms with E-state index < -0.39 is 23.3 Å². The quantitative estimate of drug-likeness (QED) is 0.321. The minimum atomic E-state index is -1.06. The average molecular weight is 495 g/mol. The Morgan fingerprint density at radius 3 is 1.75 bits per heavy atom. The molecule has 0 N–H and O–H groups in total. The zero-order valence-corrected chi connectivity index (χ0v) is 20.4. The molecule has 0 spiro atoms. The summed E-state index contributed by atoms with van der Waals surface area (Å²) >= 11 is 0. The Morgan fingerprint density at radius 1 is 0.611 bits per heavy atom. The van der Waals surface area contributed by atoms with Crippen molar-refractivity contribution in [3.63, 3.8) is 0 Å². The van der Waals surface area contributed by atoms with Gasteiger partial charge in [-0.3, -0.25) is 0 Å². The van der Waals surface area contributed by atoms with Gasteiger partial charge in [0, 0.05) is 16.7 Å². The third kappa shape index (κ3) is 4.68. The highest BCUT2D eigenvalue weighted by Gasteiger charge is 2.27. The molecule has 2 aliphatic carbocycles. The predicted octanol–water partition coefficient (Wildman–Crippen LogP) is 9.35. The van der Waals surface area contributed by atoms with Crippen molar-refractivity contribution >= 4 is 5.57 Å². The molecule has 1 unspecified atom stereocenters. The molecule has 3 aromatic carbocycles. The molecule has 0 amide bonds. The van der Waals surface area contributed by atoms with Crippen molar-refractivity contribution in [1.82, 2.24) is 0 Å². The van der Waals surface area contributed by atoms with Crippen LogP contribution in [-0.4, -0.2) is 7.11 Å². The molecule has 0 heterocycles. The van der Waals surface area contributed by atoms with E-state index in [9.17, 15) is 8.78 Å². The van der Waals surface area contributed by atoms with Gasteiger partial charge in [-0.2, -0.15) is 4.39 Å². The third-order valence-electron chi connectivity index (χ3n) is 7.97. The van der Waals surface area contributed by atoms with Crippen LogP contribution in [0.3, 0.4) is 0 Å². The van der Waals surface area contributed by atoms with Crippen LogP contribution >= 0.6 is 0 Å². The van der Waals surface area contributed by atoms with Gasteiger partial charge in [0.15, 0.2) is 23.2 Å². The first-order chi connectivity index (χ1) is 17.5. The number of hydrogen-bond acceptors (Lipinski definition) is 1. The molecular weight excluding hydrogens is 464 g/mol. The van der Waals surface area contributed by atoms with Crippen molar-refractivity contribution in [3.8, 4) is 28.0 Å². The zero-order valence-electron chi connectivity index (χ0n) is 20.4. The lowest BCUT2D eigenvalue weighted by atomic mass is 9.73. The first kappa shape index (κ1) is 24.6. The van der Waals surface area contributed by atoms with Crippen molar-refractivity contribution in [2.24, 2.45) is 11.8 Å². The van der Waals surface area contributed by atoms with Crippen LogP contribution in [0.25, 0.3) is 27.8 Å². The van der Waals surface area contributed by atoms with Gasteiger partial charge in [-0.05, 0) is 59.9 Å². The maximum atomic E-state index is 15.2. The lowest BCUT2D eigenvalue weighted by molar-refractivity contribution is 0.235. The lowest BCUT2D eigenvalue weighted by Crippen LogP contribution is -2.19. The molecule has 2 aliphatic rings. The second kappa shape index (κ2) is 10.5. The molecule has 0 bridgehead atoms. The van der Waals surface area contributed by atoms with Crippen LogP contribution in [0.1, 0.15) is 56.9 Å². The normalized spacial score (nSPS) is 18.7. The van der Waals surface area contributed by atoms with E-state index in [-0.39, 0.29) is 16.9 Å². The van der Waals surface area contributed by atoms with Crippen LogP contribution in [-0.2, 0) is 0 Å². The molecular formula is C31H30F4O. The smallest absolute Gasteiger partial charge is 0.201 e. The molecule has 188 valence electrons. The van der Waals surface area contributed by atoms with Gasteiger partial charge in [-0.15, -0.1) is 0 Å². The van der Waals surface area contributed by atoms with E-state index in [0.717, 1.165) is 30.8 Å². The summed E-state index contributed by atoms with van der Waals surface area (Å²) in [5, 5.41) is 0. The minimum absolute atomic E-state index is 0.0672. The molecule has 5 rings (SSSR count). The molecule has 0 aliphatic heterocycles. The number of rotatable bonds is 5. The van der Waals surface area contributed by atoms with Crippen LogP contribution in [0.4, 0.5) is 17.6 Å². The fourth-order valence-electron chi connectivity index (χ4n) is 5.89. The largest absolute Gasteiger partial charge is 0.494 e. The summed E-state index contributed by atoms with van der Waals surface area (Å²) < 4.78 is 63.7. The first-order valence-electron chi connectivity index (χ1n) is 12.8. The third-order valence-corrected chi connectivity index (χ3v) is 7.97. The Kier molecular flexibility index (Phi) is 7.17. The van der Waals surface area contributed by atoms with Crippen LogP contribution in [0.2, 0.25) is 0 Å². The van der Waals surface area contributed by atoms with Crippen molar-refractivity contribution in [3.05, 3.63) is 83.4 Å². The molecule has 0 radical (unpaired) electrons. The van der Waals surface area contributed by atoms with Gasteiger partial charge in [0.2, 0.25) is 5.82 Å². The summed E-state index contributed by atoms with van der Waals surface area (Å²) in [4.78, 5) is 0. The Labute approximate surface area is 209 Å². The zero-order chi connectivity index (χ0) is 25.2. The van der Waals surface area contributed by atoms with E-state index >= 15 is 8.78 Å². The van der Waals surface area contributed by atoms with E-state index in [0.29, 0.717) is 22.6 Å². The Hall–Kier alpha value is -3.08. The molecule has 36 heavy (non-hydrogen) atoms. The minimum Gasteiger partial charge on any atom is -0.494 e. The van der Waals surface area contributed by atoms with Crippen LogP contribution in [0.5, 0.6) is 5.75 Å². The van der Waals surface area contributed by atoms with E-state index in [1.807, 2.05) is 0 Å². The van der Waals surface area contributed by atoms with Gasteiger partial charge in [0.1, 0.15) is 0 Å². The summed E-state index contributed by atoms with van der Waals surface area (Å²) in [5.74, 6) is -2.56. The number of halogens is 4. The number of hydrogen-bond donors (Lipinski definition) is 0. The Balaban J connectivity index is 1.36. The van der Waals surface area contributed by atoms with Crippen molar-refractivity contribution in [2.75, 3.05) is 7.11 Å². The van der Waals surface area contributed by atoms with Crippen molar-refractivity contribution < 1.29 is 22.3 Å². The summed E-state index contributed by atoms with van der Waals surface area (Å²) in [6, 6.07) is 12.4. The molecule has 0 saturated heterocycles. The Morgan fingerprint density at radius 2 is 1.17 bits per heavy atom. The number of benzene rings is 3. The SMILES string of the molecule is COc1ccc(-c2ccc(-c3ccc(C4=CCC(C5CCCCC5)CC4)c(F)c3F)cc2)c(F)c1F. The second-order valence-electron chi connectivity index (χ2n) is 9.97. The van der Waals surface area contributed by atoms with Crippen LogP contribution < -0.4 is 4.74 Å². The lowest BCUT2D eigenvalue weighted by Gasteiger charge is -2.32. The summed E-state index contributed by atoms with van der Waals surface area (Å²) in [5.41, 5.74) is 2.32. The molecule has 5 heteroatoms. The fourth-order valence-corrected chi connectivity index (χ4v) is 5.89. The van der Waals surface area contributed by atoms with Crippen LogP contribution in [0.15, 0.2) is 54.6 Å². The van der Waals surface area contributed by atoms with E-state index in [1.54, 1.807) is 36.4 Å². The van der Waals surface area contributed by atoms with E-state index in [1.165, 1.54) is 51.3 Å². The van der Waals surface area contributed by atoms with Gasteiger partial charge in [0.25, 0.3) is 0 Å². The molecule has 0 aromatic heterocycles. The van der Waals surface area contributed by atoms with Gasteiger partial charge in [0.05, 0.1) is 7.11 Å². The Bertz CT molecular complexity index is 1270. The number of methoxy groups -OCH3 is 1.